The summed E-state index contributed by atoms with van der Waals surface area (Å²) in [6, 6.07) is 7.74. The Bertz CT molecular complexity index is 298. The minimum absolute atomic E-state index is 0.216. The summed E-state index contributed by atoms with van der Waals surface area (Å²) in [4.78, 5) is 6.29. The highest BCUT2D eigenvalue weighted by molar-refractivity contribution is 5.15. The molecule has 0 aliphatic carbocycles. The van der Waals surface area contributed by atoms with E-state index >= 15 is 0 Å². The average molecular weight is 189 g/mol. The maximum Gasteiger partial charge on any atom is 0.140 e. The minimum Gasteiger partial charge on any atom is -0.284 e. The number of pyridine rings is 1. The zero-order valence-electron chi connectivity index (χ0n) is 8.64. The molecule has 1 rings (SSSR count). The summed E-state index contributed by atoms with van der Waals surface area (Å²) in [6.45, 7) is 5.84. The van der Waals surface area contributed by atoms with Crippen LogP contribution in [0.5, 0.6) is 0 Å². The third-order valence-electron chi connectivity index (χ3n) is 2.27. The van der Waals surface area contributed by atoms with E-state index in [4.69, 9.17) is 5.26 Å². The largest absolute Gasteiger partial charge is 0.284 e. The Morgan fingerprint density at radius 3 is 2.57 bits per heavy atom. The van der Waals surface area contributed by atoms with Crippen molar-refractivity contribution in [2.45, 2.75) is 19.9 Å². The van der Waals surface area contributed by atoms with Gasteiger partial charge in [0.05, 0.1) is 11.8 Å². The first-order valence-corrected chi connectivity index (χ1v) is 4.88. The number of nitriles is 1. The zero-order chi connectivity index (χ0) is 10.4. The Kier molecular flexibility index (Phi) is 4.09. The predicted octanol–water partition coefficient (Wildman–Crippen LogP) is 1.99. The average Bonchev–Trinajstić information content (AvgIpc) is 2.27. The van der Waals surface area contributed by atoms with E-state index < -0.39 is 0 Å². The van der Waals surface area contributed by atoms with Gasteiger partial charge in [0.2, 0.25) is 0 Å². The van der Waals surface area contributed by atoms with Crippen molar-refractivity contribution in [3.05, 3.63) is 30.1 Å². The van der Waals surface area contributed by atoms with E-state index in [-0.39, 0.29) is 6.04 Å². The molecule has 1 aromatic heterocycles. The summed E-state index contributed by atoms with van der Waals surface area (Å²) in [5, 5.41) is 9.08. The number of nitrogens with zero attached hydrogens (tertiary/aromatic N) is 3. The van der Waals surface area contributed by atoms with Crippen LogP contribution in [0.2, 0.25) is 0 Å². The molecule has 3 heteroatoms. The molecule has 0 aliphatic rings. The van der Waals surface area contributed by atoms with Crippen molar-refractivity contribution in [3.8, 4) is 6.07 Å². The zero-order valence-corrected chi connectivity index (χ0v) is 8.64. The van der Waals surface area contributed by atoms with Gasteiger partial charge in [-0.2, -0.15) is 5.26 Å². The molecular formula is C11H15N3. The molecule has 0 bridgehead atoms. The normalized spacial score (nSPS) is 12.4. The monoisotopic (exact) mass is 189 g/mol. The fourth-order valence-corrected chi connectivity index (χ4v) is 1.46. The van der Waals surface area contributed by atoms with E-state index in [1.807, 2.05) is 18.2 Å². The van der Waals surface area contributed by atoms with Crippen LogP contribution in [-0.2, 0) is 0 Å². The molecule has 0 saturated carbocycles. The van der Waals surface area contributed by atoms with Crippen LogP contribution >= 0.6 is 0 Å². The Hall–Kier alpha value is -1.40. The first kappa shape index (κ1) is 10.7. The second-order valence-corrected chi connectivity index (χ2v) is 3.01. The van der Waals surface area contributed by atoms with Crippen molar-refractivity contribution in [1.82, 2.24) is 9.88 Å². The molecule has 0 saturated heterocycles. The van der Waals surface area contributed by atoms with E-state index in [0.29, 0.717) is 0 Å². The summed E-state index contributed by atoms with van der Waals surface area (Å²) < 4.78 is 0. The van der Waals surface area contributed by atoms with Crippen molar-refractivity contribution in [3.63, 3.8) is 0 Å². The van der Waals surface area contributed by atoms with Crippen LogP contribution in [0, 0.1) is 11.3 Å². The third-order valence-corrected chi connectivity index (χ3v) is 2.27. The lowest BCUT2D eigenvalue weighted by Gasteiger charge is -2.23. The van der Waals surface area contributed by atoms with E-state index in [2.05, 4.69) is 29.8 Å². The van der Waals surface area contributed by atoms with Gasteiger partial charge in [-0.3, -0.25) is 9.88 Å². The van der Waals surface area contributed by atoms with Crippen molar-refractivity contribution < 1.29 is 0 Å². The minimum atomic E-state index is -0.216. The summed E-state index contributed by atoms with van der Waals surface area (Å²) >= 11 is 0. The van der Waals surface area contributed by atoms with Crippen LogP contribution < -0.4 is 0 Å². The van der Waals surface area contributed by atoms with Crippen molar-refractivity contribution in [2.24, 2.45) is 0 Å². The summed E-state index contributed by atoms with van der Waals surface area (Å²) in [5.74, 6) is 0. The third kappa shape index (κ3) is 2.30. The van der Waals surface area contributed by atoms with Gasteiger partial charge in [0.15, 0.2) is 0 Å². The smallest absolute Gasteiger partial charge is 0.140 e. The Morgan fingerprint density at radius 1 is 1.43 bits per heavy atom. The Balaban J connectivity index is 2.88. The van der Waals surface area contributed by atoms with Crippen LogP contribution in [-0.4, -0.2) is 23.0 Å². The molecule has 1 aromatic rings. The molecular weight excluding hydrogens is 174 g/mol. The maximum absolute atomic E-state index is 9.08. The molecule has 1 unspecified atom stereocenters. The molecule has 0 N–H and O–H groups in total. The first-order valence-electron chi connectivity index (χ1n) is 4.88. The van der Waals surface area contributed by atoms with Crippen LogP contribution in [0.25, 0.3) is 0 Å². The molecule has 0 spiro atoms. The summed E-state index contributed by atoms with van der Waals surface area (Å²) in [5.41, 5.74) is 0.832. The fraction of sp³-hybridized carbons (Fsp3) is 0.455. The fourth-order valence-electron chi connectivity index (χ4n) is 1.46. The lowest BCUT2D eigenvalue weighted by atomic mass is 10.2. The highest BCUT2D eigenvalue weighted by Gasteiger charge is 2.17. The van der Waals surface area contributed by atoms with Crippen LogP contribution in [0.4, 0.5) is 0 Å². The van der Waals surface area contributed by atoms with Gasteiger partial charge in [0.25, 0.3) is 0 Å². The van der Waals surface area contributed by atoms with Crippen LogP contribution in [0.15, 0.2) is 24.4 Å². The van der Waals surface area contributed by atoms with Gasteiger partial charge < -0.3 is 0 Å². The molecule has 0 radical (unpaired) electrons. The van der Waals surface area contributed by atoms with Crippen molar-refractivity contribution in [2.75, 3.05) is 13.1 Å². The molecule has 0 aliphatic heterocycles. The molecule has 1 atom stereocenters. The van der Waals surface area contributed by atoms with Crippen LogP contribution in [0.1, 0.15) is 25.6 Å². The van der Waals surface area contributed by atoms with Gasteiger partial charge >= 0.3 is 0 Å². The van der Waals surface area contributed by atoms with E-state index in [9.17, 15) is 0 Å². The highest BCUT2D eigenvalue weighted by Crippen LogP contribution is 2.16. The Labute approximate surface area is 85.0 Å². The molecule has 3 nitrogen and oxygen atoms in total. The molecule has 74 valence electrons. The lowest BCUT2D eigenvalue weighted by molar-refractivity contribution is 0.258. The molecule has 14 heavy (non-hydrogen) atoms. The standard InChI is InChI=1S/C11H15N3/c1-3-14(4-2)11(9-12)10-7-5-6-8-13-10/h5-8,11H,3-4H2,1-2H3. The maximum atomic E-state index is 9.08. The first-order chi connectivity index (χ1) is 6.83. The van der Waals surface area contributed by atoms with E-state index in [1.54, 1.807) is 6.20 Å². The number of hydrogen-bond acceptors (Lipinski definition) is 3. The molecule has 0 fully saturated rings. The van der Waals surface area contributed by atoms with Gasteiger partial charge in [-0.05, 0) is 25.2 Å². The van der Waals surface area contributed by atoms with Gasteiger partial charge in [-0.15, -0.1) is 0 Å². The predicted molar refractivity (Wildman–Crippen MR) is 55.5 cm³/mol. The van der Waals surface area contributed by atoms with Gasteiger partial charge in [0, 0.05) is 6.20 Å². The molecule has 1 heterocycles. The summed E-state index contributed by atoms with van der Waals surface area (Å²) in [6.07, 6.45) is 1.73. The SMILES string of the molecule is CCN(CC)C(C#N)c1ccccn1. The number of rotatable bonds is 4. The number of aromatic nitrogens is 1. The van der Waals surface area contributed by atoms with Gasteiger partial charge in [-0.25, -0.2) is 0 Å². The van der Waals surface area contributed by atoms with E-state index in [0.717, 1.165) is 18.8 Å². The van der Waals surface area contributed by atoms with Gasteiger partial charge in [-0.1, -0.05) is 19.9 Å². The Morgan fingerprint density at radius 2 is 2.14 bits per heavy atom. The van der Waals surface area contributed by atoms with Crippen molar-refractivity contribution in [1.29, 1.82) is 5.26 Å². The number of hydrogen-bond donors (Lipinski definition) is 0. The second-order valence-electron chi connectivity index (χ2n) is 3.01. The lowest BCUT2D eigenvalue weighted by Crippen LogP contribution is -2.27. The quantitative estimate of drug-likeness (QED) is 0.727. The highest BCUT2D eigenvalue weighted by atomic mass is 15.2. The second kappa shape index (κ2) is 5.36. The van der Waals surface area contributed by atoms with Gasteiger partial charge in [0.1, 0.15) is 6.04 Å². The molecule has 0 aromatic carbocycles. The topological polar surface area (TPSA) is 39.9 Å². The van der Waals surface area contributed by atoms with Crippen LogP contribution in [0.3, 0.4) is 0 Å². The summed E-state index contributed by atoms with van der Waals surface area (Å²) in [7, 11) is 0. The van der Waals surface area contributed by atoms with Crippen molar-refractivity contribution >= 4 is 0 Å². The molecule has 0 amide bonds. The van der Waals surface area contributed by atoms with E-state index in [1.165, 1.54) is 0 Å².